The van der Waals surface area contributed by atoms with Crippen molar-refractivity contribution in [2.45, 2.75) is 6.61 Å². The van der Waals surface area contributed by atoms with E-state index >= 15 is 0 Å². The molecule has 0 aliphatic rings. The van der Waals surface area contributed by atoms with E-state index in [4.69, 9.17) is 15.0 Å². The minimum absolute atomic E-state index is 0.249. The van der Waals surface area contributed by atoms with Crippen LogP contribution in [-0.4, -0.2) is 5.91 Å². The number of hydrogen-bond acceptors (Lipinski definition) is 4. The van der Waals surface area contributed by atoms with Crippen LogP contribution < -0.4 is 16.0 Å². The Balaban J connectivity index is 1.96. The van der Waals surface area contributed by atoms with Gasteiger partial charge in [-0.2, -0.15) is 0 Å². The van der Waals surface area contributed by atoms with Crippen LogP contribution in [0.1, 0.15) is 16.1 Å². The van der Waals surface area contributed by atoms with Crippen molar-refractivity contribution in [1.29, 1.82) is 0 Å². The molecule has 94 valence electrons. The number of hydrazine groups is 1. The van der Waals surface area contributed by atoms with E-state index in [0.29, 0.717) is 11.3 Å². The molecular weight excluding hydrogens is 300 g/mol. The molecule has 0 unspecified atom stereocenters. The zero-order valence-electron chi connectivity index (χ0n) is 9.35. The Labute approximate surface area is 112 Å². The molecule has 0 atom stereocenters. The van der Waals surface area contributed by atoms with Gasteiger partial charge in [-0.1, -0.05) is 15.9 Å². The second-order valence-electron chi connectivity index (χ2n) is 3.52. The standard InChI is InChI=1S/C12H11BrN2O3/c13-9-1-3-10(4-2-9)18-7-11-5-8(6-17-11)12(16)15-14/h1-6H,7,14H2,(H,15,16). The summed E-state index contributed by atoms with van der Waals surface area (Å²) in [5, 5.41) is 0. The Morgan fingerprint density at radius 2 is 2.11 bits per heavy atom. The van der Waals surface area contributed by atoms with Crippen LogP contribution in [0, 0.1) is 0 Å². The molecule has 0 aliphatic carbocycles. The van der Waals surface area contributed by atoms with Gasteiger partial charge in [0.05, 0.1) is 5.56 Å². The number of amides is 1. The van der Waals surface area contributed by atoms with Gasteiger partial charge in [-0.05, 0) is 30.3 Å². The van der Waals surface area contributed by atoms with E-state index in [2.05, 4.69) is 15.9 Å². The summed E-state index contributed by atoms with van der Waals surface area (Å²) in [6, 6.07) is 9.01. The lowest BCUT2D eigenvalue weighted by Crippen LogP contribution is -2.29. The van der Waals surface area contributed by atoms with Crippen LogP contribution in [0.2, 0.25) is 0 Å². The highest BCUT2D eigenvalue weighted by molar-refractivity contribution is 9.10. The largest absolute Gasteiger partial charge is 0.486 e. The van der Waals surface area contributed by atoms with E-state index in [-0.39, 0.29) is 6.61 Å². The Hall–Kier alpha value is -1.79. The smallest absolute Gasteiger partial charge is 0.268 e. The molecule has 1 aromatic carbocycles. The number of nitrogens with one attached hydrogen (secondary N) is 1. The highest BCUT2D eigenvalue weighted by Gasteiger charge is 2.08. The third kappa shape index (κ3) is 3.12. The van der Waals surface area contributed by atoms with Crippen molar-refractivity contribution in [3.63, 3.8) is 0 Å². The summed E-state index contributed by atoms with van der Waals surface area (Å²) in [5.41, 5.74) is 2.40. The fourth-order valence-corrected chi connectivity index (χ4v) is 1.61. The fraction of sp³-hybridized carbons (Fsp3) is 0.0833. The zero-order valence-corrected chi connectivity index (χ0v) is 10.9. The summed E-state index contributed by atoms with van der Waals surface area (Å²) in [4.78, 5) is 11.2. The predicted molar refractivity (Wildman–Crippen MR) is 68.8 cm³/mol. The van der Waals surface area contributed by atoms with Gasteiger partial charge in [-0.25, -0.2) is 5.84 Å². The van der Waals surface area contributed by atoms with Crippen molar-refractivity contribution in [3.8, 4) is 5.75 Å². The Morgan fingerprint density at radius 1 is 1.39 bits per heavy atom. The van der Waals surface area contributed by atoms with Crippen LogP contribution in [0.25, 0.3) is 0 Å². The fourth-order valence-electron chi connectivity index (χ4n) is 1.34. The number of carbonyl (C=O) groups is 1. The third-order valence-electron chi connectivity index (χ3n) is 2.24. The van der Waals surface area contributed by atoms with Gasteiger partial charge in [0, 0.05) is 4.47 Å². The molecule has 1 amide bonds. The summed E-state index contributed by atoms with van der Waals surface area (Å²) in [7, 11) is 0. The number of rotatable bonds is 4. The molecule has 0 bridgehead atoms. The van der Waals surface area contributed by atoms with Gasteiger partial charge in [-0.15, -0.1) is 0 Å². The lowest BCUT2D eigenvalue weighted by Gasteiger charge is -2.03. The first-order chi connectivity index (χ1) is 8.69. The maximum absolute atomic E-state index is 11.2. The van der Waals surface area contributed by atoms with Crippen molar-refractivity contribution < 1.29 is 13.9 Å². The van der Waals surface area contributed by atoms with E-state index in [1.807, 2.05) is 29.7 Å². The number of carbonyl (C=O) groups excluding carboxylic acids is 1. The van der Waals surface area contributed by atoms with Gasteiger partial charge >= 0.3 is 0 Å². The number of nitrogens with two attached hydrogens (primary N) is 1. The van der Waals surface area contributed by atoms with Crippen LogP contribution in [0.15, 0.2) is 45.5 Å². The second-order valence-corrected chi connectivity index (χ2v) is 4.43. The van der Waals surface area contributed by atoms with Crippen LogP contribution in [0.5, 0.6) is 5.75 Å². The maximum atomic E-state index is 11.2. The number of hydrogen-bond donors (Lipinski definition) is 2. The van der Waals surface area contributed by atoms with Crippen molar-refractivity contribution in [1.82, 2.24) is 5.43 Å². The zero-order chi connectivity index (χ0) is 13.0. The summed E-state index contributed by atoms with van der Waals surface area (Å²) in [6.07, 6.45) is 1.34. The van der Waals surface area contributed by atoms with E-state index in [0.717, 1.165) is 10.2 Å². The summed E-state index contributed by atoms with van der Waals surface area (Å²) in [5.74, 6) is 5.89. The van der Waals surface area contributed by atoms with E-state index in [1.54, 1.807) is 6.07 Å². The predicted octanol–water partition coefficient (Wildman–Crippen LogP) is 2.22. The van der Waals surface area contributed by atoms with Gasteiger partial charge in [0.2, 0.25) is 0 Å². The first-order valence-electron chi connectivity index (χ1n) is 5.16. The first-order valence-corrected chi connectivity index (χ1v) is 5.95. The highest BCUT2D eigenvalue weighted by atomic mass is 79.9. The number of nitrogen functional groups attached to an aromatic ring is 1. The number of ether oxygens (including phenoxy) is 1. The molecule has 0 spiro atoms. The van der Waals surface area contributed by atoms with E-state index in [1.165, 1.54) is 6.26 Å². The molecule has 18 heavy (non-hydrogen) atoms. The molecule has 0 radical (unpaired) electrons. The van der Waals surface area contributed by atoms with E-state index < -0.39 is 5.91 Å². The number of furan rings is 1. The average Bonchev–Trinajstić information content (AvgIpc) is 2.86. The van der Waals surface area contributed by atoms with Gasteiger partial charge < -0.3 is 9.15 Å². The second kappa shape index (κ2) is 5.70. The Bertz CT molecular complexity index is 537. The van der Waals surface area contributed by atoms with Gasteiger partial charge in [-0.3, -0.25) is 10.2 Å². The van der Waals surface area contributed by atoms with Gasteiger partial charge in [0.1, 0.15) is 24.4 Å². The SMILES string of the molecule is NNC(=O)c1coc(COc2ccc(Br)cc2)c1. The lowest BCUT2D eigenvalue weighted by molar-refractivity contribution is 0.0953. The Morgan fingerprint density at radius 3 is 2.78 bits per heavy atom. The third-order valence-corrected chi connectivity index (χ3v) is 2.77. The molecule has 0 fully saturated rings. The van der Waals surface area contributed by atoms with Gasteiger partial charge in [0.25, 0.3) is 5.91 Å². The average molecular weight is 311 g/mol. The van der Waals surface area contributed by atoms with Crippen molar-refractivity contribution in [2.75, 3.05) is 0 Å². The van der Waals surface area contributed by atoms with Crippen molar-refractivity contribution in [3.05, 3.63) is 52.4 Å². The monoisotopic (exact) mass is 310 g/mol. The minimum Gasteiger partial charge on any atom is -0.486 e. The Kier molecular flexibility index (Phi) is 4.01. The van der Waals surface area contributed by atoms with Crippen molar-refractivity contribution >= 4 is 21.8 Å². The number of halogens is 1. The molecule has 2 rings (SSSR count). The molecular formula is C12H11BrN2O3. The van der Waals surface area contributed by atoms with Crippen LogP contribution >= 0.6 is 15.9 Å². The first kappa shape index (κ1) is 12.7. The quantitative estimate of drug-likeness (QED) is 0.516. The molecule has 1 aromatic heterocycles. The minimum atomic E-state index is -0.395. The molecule has 6 heteroatoms. The molecule has 0 saturated heterocycles. The molecule has 0 aliphatic heterocycles. The molecule has 3 N–H and O–H groups in total. The molecule has 1 heterocycles. The van der Waals surface area contributed by atoms with Crippen LogP contribution in [0.3, 0.4) is 0 Å². The maximum Gasteiger partial charge on any atom is 0.268 e. The highest BCUT2D eigenvalue weighted by Crippen LogP contribution is 2.18. The van der Waals surface area contributed by atoms with E-state index in [9.17, 15) is 4.79 Å². The van der Waals surface area contributed by atoms with Gasteiger partial charge in [0.15, 0.2) is 0 Å². The summed E-state index contributed by atoms with van der Waals surface area (Å²) in [6.45, 7) is 0.249. The molecule has 2 aromatic rings. The summed E-state index contributed by atoms with van der Waals surface area (Å²) >= 11 is 3.34. The molecule has 0 saturated carbocycles. The molecule has 5 nitrogen and oxygen atoms in total. The number of benzene rings is 1. The van der Waals surface area contributed by atoms with Crippen molar-refractivity contribution in [2.24, 2.45) is 5.84 Å². The van der Waals surface area contributed by atoms with Crippen LogP contribution in [-0.2, 0) is 6.61 Å². The normalized spacial score (nSPS) is 10.1. The summed E-state index contributed by atoms with van der Waals surface area (Å²) < 4.78 is 11.7. The van der Waals surface area contributed by atoms with Crippen LogP contribution in [0.4, 0.5) is 0 Å². The topological polar surface area (TPSA) is 77.5 Å². The lowest BCUT2D eigenvalue weighted by atomic mass is 10.3.